The van der Waals surface area contributed by atoms with E-state index in [1.807, 2.05) is 0 Å². The molecule has 12 heteroatoms. The van der Waals surface area contributed by atoms with Crippen molar-refractivity contribution in [2.24, 2.45) is 0 Å². The largest absolute Gasteiger partial charge is 0.379 e. The number of non-ortho nitro benzene ring substituents is 1. The van der Waals surface area contributed by atoms with Crippen LogP contribution in [0.1, 0.15) is 5.69 Å². The molecule has 1 aliphatic rings. The Hall–Kier alpha value is -2.54. The van der Waals surface area contributed by atoms with Crippen LogP contribution in [0, 0.1) is 10.1 Å². The minimum Gasteiger partial charge on any atom is -0.379 e. The fourth-order valence-electron chi connectivity index (χ4n) is 2.93. The van der Waals surface area contributed by atoms with Crippen molar-refractivity contribution in [1.29, 1.82) is 0 Å². The van der Waals surface area contributed by atoms with E-state index in [1.165, 1.54) is 29.7 Å². The van der Waals surface area contributed by atoms with Crippen LogP contribution in [-0.2, 0) is 22.1 Å². The first-order chi connectivity index (χ1) is 14.0. The lowest BCUT2D eigenvalue weighted by Gasteiger charge is -2.26. The zero-order chi connectivity index (χ0) is 20.4. The summed E-state index contributed by atoms with van der Waals surface area (Å²) in [4.78, 5) is 25.9. The first-order valence-electron chi connectivity index (χ1n) is 8.81. The standard InChI is InChI=1S/C17H18N6O4S2/c1-29(26)17-18-11(10-22-4-6-27-7-5-22)8-15(21-17)20-16-19-13-3-2-12(23(24)25)9-14(13)28-16/h2-3,8-9H,4-7,10H2,1H3,(H,18,19,20,21). The van der Waals surface area contributed by atoms with Crippen LogP contribution in [-0.4, -0.2) is 61.5 Å². The molecule has 0 aliphatic carbocycles. The Morgan fingerprint density at radius 2 is 2.07 bits per heavy atom. The molecule has 0 spiro atoms. The molecule has 3 aromatic rings. The van der Waals surface area contributed by atoms with Gasteiger partial charge in [0.1, 0.15) is 5.82 Å². The maximum absolute atomic E-state index is 12.0. The summed E-state index contributed by atoms with van der Waals surface area (Å²) in [6, 6.07) is 6.34. The van der Waals surface area contributed by atoms with Gasteiger partial charge in [0.25, 0.3) is 5.69 Å². The van der Waals surface area contributed by atoms with E-state index in [-0.39, 0.29) is 10.8 Å². The zero-order valence-corrected chi connectivity index (χ0v) is 17.2. The summed E-state index contributed by atoms with van der Waals surface area (Å²) in [6.07, 6.45) is 1.54. The van der Waals surface area contributed by atoms with Gasteiger partial charge in [-0.3, -0.25) is 19.2 Å². The molecule has 4 rings (SSSR count). The summed E-state index contributed by atoms with van der Waals surface area (Å²) in [7, 11) is -1.33. The molecule has 2 aromatic heterocycles. The van der Waals surface area contributed by atoms with E-state index in [2.05, 4.69) is 25.2 Å². The number of anilines is 2. The molecule has 0 saturated carbocycles. The highest BCUT2D eigenvalue weighted by Gasteiger charge is 2.16. The lowest BCUT2D eigenvalue weighted by atomic mass is 10.3. The Balaban J connectivity index is 1.60. The van der Waals surface area contributed by atoms with Crippen molar-refractivity contribution in [3.63, 3.8) is 0 Å². The molecule has 1 N–H and O–H groups in total. The van der Waals surface area contributed by atoms with Crippen molar-refractivity contribution in [1.82, 2.24) is 19.9 Å². The molecule has 10 nitrogen and oxygen atoms in total. The van der Waals surface area contributed by atoms with Crippen LogP contribution in [0.5, 0.6) is 0 Å². The number of rotatable bonds is 6. The van der Waals surface area contributed by atoms with E-state index in [0.717, 1.165) is 18.8 Å². The normalized spacial score (nSPS) is 16.0. The van der Waals surface area contributed by atoms with Crippen molar-refractivity contribution in [2.75, 3.05) is 37.9 Å². The molecule has 29 heavy (non-hydrogen) atoms. The smallest absolute Gasteiger partial charge is 0.270 e. The van der Waals surface area contributed by atoms with E-state index in [1.54, 1.807) is 12.1 Å². The van der Waals surface area contributed by atoms with Crippen LogP contribution in [0.2, 0.25) is 0 Å². The summed E-state index contributed by atoms with van der Waals surface area (Å²) in [5, 5.41) is 14.9. The highest BCUT2D eigenvalue weighted by Crippen LogP contribution is 2.30. The van der Waals surface area contributed by atoms with Gasteiger partial charge in [-0.25, -0.2) is 15.0 Å². The second-order valence-electron chi connectivity index (χ2n) is 6.42. The summed E-state index contributed by atoms with van der Waals surface area (Å²) in [6.45, 7) is 3.60. The second-order valence-corrected chi connectivity index (χ2v) is 8.73. The molecule has 3 heterocycles. The number of nitro groups is 1. The number of hydrogen-bond acceptors (Lipinski definition) is 10. The highest BCUT2D eigenvalue weighted by atomic mass is 32.2. The molecule has 1 unspecified atom stereocenters. The minimum absolute atomic E-state index is 0.0196. The monoisotopic (exact) mass is 434 g/mol. The van der Waals surface area contributed by atoms with Gasteiger partial charge >= 0.3 is 0 Å². The number of ether oxygens (including phenoxy) is 1. The van der Waals surface area contributed by atoms with Gasteiger partial charge in [0.05, 0.1) is 44.8 Å². The average molecular weight is 435 g/mol. The van der Waals surface area contributed by atoms with E-state index in [4.69, 9.17) is 4.74 Å². The minimum atomic E-state index is -1.33. The number of benzene rings is 1. The van der Waals surface area contributed by atoms with Gasteiger partial charge in [-0.15, -0.1) is 0 Å². The van der Waals surface area contributed by atoms with Crippen LogP contribution in [0.3, 0.4) is 0 Å². The van der Waals surface area contributed by atoms with Gasteiger partial charge in [0.2, 0.25) is 5.16 Å². The van der Waals surface area contributed by atoms with Crippen molar-refractivity contribution < 1.29 is 13.9 Å². The number of hydrogen-bond donors (Lipinski definition) is 1. The molecule has 1 fully saturated rings. The topological polar surface area (TPSA) is 123 Å². The van der Waals surface area contributed by atoms with Crippen molar-refractivity contribution in [2.45, 2.75) is 11.7 Å². The highest BCUT2D eigenvalue weighted by molar-refractivity contribution is 7.84. The third kappa shape index (κ3) is 4.72. The van der Waals surface area contributed by atoms with Crippen LogP contribution in [0.15, 0.2) is 29.4 Å². The number of nitrogens with one attached hydrogen (secondary N) is 1. The van der Waals surface area contributed by atoms with Crippen LogP contribution >= 0.6 is 11.3 Å². The van der Waals surface area contributed by atoms with Crippen LogP contribution in [0.4, 0.5) is 16.6 Å². The first-order valence-corrected chi connectivity index (χ1v) is 11.2. The van der Waals surface area contributed by atoms with E-state index >= 15 is 0 Å². The fraction of sp³-hybridized carbons (Fsp3) is 0.353. The Morgan fingerprint density at radius 3 is 2.79 bits per heavy atom. The number of thiazole rings is 1. The lowest BCUT2D eigenvalue weighted by molar-refractivity contribution is -0.384. The molecule has 0 amide bonds. The van der Waals surface area contributed by atoms with Gasteiger partial charge in [-0.1, -0.05) is 11.3 Å². The van der Waals surface area contributed by atoms with Crippen molar-refractivity contribution in [3.8, 4) is 0 Å². The van der Waals surface area contributed by atoms with Gasteiger partial charge in [-0.05, 0) is 6.07 Å². The zero-order valence-electron chi connectivity index (χ0n) is 15.5. The first kappa shape index (κ1) is 19.8. The van der Waals surface area contributed by atoms with E-state index < -0.39 is 15.7 Å². The SMILES string of the molecule is CS(=O)c1nc(CN2CCOCC2)cc(Nc2nc3ccc([N+](=O)[O-])cc3s2)n1. The third-order valence-electron chi connectivity index (χ3n) is 4.32. The van der Waals surface area contributed by atoms with Gasteiger partial charge < -0.3 is 10.1 Å². The molecular weight excluding hydrogens is 416 g/mol. The number of nitrogens with zero attached hydrogens (tertiary/aromatic N) is 5. The quantitative estimate of drug-likeness (QED) is 0.353. The van der Waals surface area contributed by atoms with Crippen molar-refractivity contribution in [3.05, 3.63) is 40.1 Å². The summed E-state index contributed by atoms with van der Waals surface area (Å²) < 4.78 is 18.1. The van der Waals surface area contributed by atoms with Gasteiger partial charge in [0.15, 0.2) is 5.13 Å². The fourth-order valence-corrected chi connectivity index (χ4v) is 4.30. The van der Waals surface area contributed by atoms with Crippen molar-refractivity contribution >= 4 is 49.0 Å². The number of fused-ring (bicyclic) bond motifs is 1. The molecular formula is C17H18N6O4S2. The Labute approximate surface area is 172 Å². The Morgan fingerprint density at radius 1 is 1.28 bits per heavy atom. The van der Waals surface area contributed by atoms with Crippen LogP contribution in [0.25, 0.3) is 10.2 Å². The maximum atomic E-state index is 12.0. The molecule has 1 aliphatic heterocycles. The summed E-state index contributed by atoms with van der Waals surface area (Å²) in [5.41, 5.74) is 1.43. The Bertz CT molecular complexity index is 1080. The molecule has 1 atom stereocenters. The van der Waals surface area contributed by atoms with Gasteiger partial charge in [-0.2, -0.15) is 0 Å². The third-order valence-corrected chi connectivity index (χ3v) is 5.95. The predicted molar refractivity (Wildman–Crippen MR) is 110 cm³/mol. The molecule has 0 radical (unpaired) electrons. The van der Waals surface area contributed by atoms with E-state index in [9.17, 15) is 14.3 Å². The molecule has 152 valence electrons. The predicted octanol–water partition coefficient (Wildman–Crippen LogP) is 2.31. The van der Waals surface area contributed by atoms with Gasteiger partial charge in [0, 0.05) is 44.1 Å². The maximum Gasteiger partial charge on any atom is 0.270 e. The number of nitro benzene ring substituents is 1. The molecule has 0 bridgehead atoms. The Kier molecular flexibility index (Phi) is 5.76. The average Bonchev–Trinajstić information content (AvgIpc) is 3.09. The molecule has 1 aromatic carbocycles. The lowest BCUT2D eigenvalue weighted by Crippen LogP contribution is -2.36. The summed E-state index contributed by atoms with van der Waals surface area (Å²) >= 11 is 1.29. The number of aromatic nitrogens is 3. The number of morpholine rings is 1. The molecule has 1 saturated heterocycles. The van der Waals surface area contributed by atoms with E-state index in [0.29, 0.717) is 40.9 Å². The summed E-state index contributed by atoms with van der Waals surface area (Å²) in [5.74, 6) is 0.488. The second kappa shape index (κ2) is 8.45. The van der Waals surface area contributed by atoms with Crippen LogP contribution < -0.4 is 5.32 Å².